The van der Waals surface area contributed by atoms with Gasteiger partial charge < -0.3 is 15.4 Å². The number of benzene rings is 1. The summed E-state index contributed by atoms with van der Waals surface area (Å²) >= 11 is 0. The van der Waals surface area contributed by atoms with E-state index in [0.29, 0.717) is 18.5 Å². The van der Waals surface area contributed by atoms with Crippen molar-refractivity contribution in [2.24, 2.45) is 5.92 Å². The lowest BCUT2D eigenvalue weighted by molar-refractivity contribution is -0.145. The van der Waals surface area contributed by atoms with Gasteiger partial charge >= 0.3 is 5.97 Å². The van der Waals surface area contributed by atoms with Crippen molar-refractivity contribution in [3.05, 3.63) is 34.9 Å². The zero-order valence-electron chi connectivity index (χ0n) is 15.1. The number of carbonyl (C=O) groups excluding carboxylic acids is 3. The average molecular weight is 346 g/mol. The molecule has 1 aromatic rings. The van der Waals surface area contributed by atoms with E-state index in [-0.39, 0.29) is 24.2 Å². The first-order chi connectivity index (χ1) is 11.9. The average Bonchev–Trinajstić information content (AvgIpc) is 2.79. The maximum absolute atomic E-state index is 12.4. The molecule has 0 aromatic heterocycles. The predicted octanol–water partition coefficient (Wildman–Crippen LogP) is 1.94. The highest BCUT2D eigenvalue weighted by Crippen LogP contribution is 2.20. The number of carbonyl (C=O) groups is 3. The highest BCUT2D eigenvalue weighted by molar-refractivity contribution is 5.89. The molecule has 0 bridgehead atoms. The van der Waals surface area contributed by atoms with E-state index in [2.05, 4.69) is 10.6 Å². The highest BCUT2D eigenvalue weighted by atomic mass is 16.5. The molecule has 2 amide bonds. The van der Waals surface area contributed by atoms with E-state index in [1.807, 2.05) is 32.0 Å². The third-order valence-corrected chi connectivity index (χ3v) is 4.69. The lowest BCUT2D eigenvalue weighted by Crippen LogP contribution is -2.38. The molecular weight excluding hydrogens is 320 g/mol. The molecule has 0 saturated carbocycles. The third-order valence-electron chi connectivity index (χ3n) is 4.69. The minimum Gasteiger partial charge on any atom is -0.467 e. The Kier molecular flexibility index (Phi) is 6.56. The maximum atomic E-state index is 12.4. The minimum atomic E-state index is -0.870. The van der Waals surface area contributed by atoms with Crippen LogP contribution in [0.3, 0.4) is 0 Å². The molecule has 6 heteroatoms. The van der Waals surface area contributed by atoms with Gasteiger partial charge in [0.05, 0.1) is 7.11 Å². The number of rotatable bonds is 5. The molecule has 1 heterocycles. The molecule has 2 N–H and O–H groups in total. The van der Waals surface area contributed by atoms with Gasteiger partial charge in [-0.15, -0.1) is 0 Å². The maximum Gasteiger partial charge on any atom is 0.333 e. The van der Waals surface area contributed by atoms with Crippen molar-refractivity contribution in [2.75, 3.05) is 13.7 Å². The van der Waals surface area contributed by atoms with E-state index in [4.69, 9.17) is 4.74 Å². The number of ether oxygens (including phenoxy) is 1. The van der Waals surface area contributed by atoms with Gasteiger partial charge in [-0.25, -0.2) is 4.79 Å². The first-order valence-corrected chi connectivity index (χ1v) is 8.64. The number of nitrogens with one attached hydrogen (secondary N) is 2. The summed E-state index contributed by atoms with van der Waals surface area (Å²) in [4.78, 5) is 36.6. The monoisotopic (exact) mass is 346 g/mol. The molecule has 0 radical (unpaired) electrons. The lowest BCUT2D eigenvalue weighted by atomic mass is 9.97. The molecule has 0 aliphatic carbocycles. The number of aryl methyl sites for hydroxylation is 2. The molecule has 2 atom stereocenters. The van der Waals surface area contributed by atoms with E-state index < -0.39 is 12.0 Å². The topological polar surface area (TPSA) is 84.5 Å². The van der Waals surface area contributed by atoms with Crippen LogP contribution < -0.4 is 10.6 Å². The molecule has 1 aromatic carbocycles. The van der Waals surface area contributed by atoms with Gasteiger partial charge in [-0.05, 0) is 43.4 Å². The van der Waals surface area contributed by atoms with Crippen LogP contribution in [0, 0.1) is 19.8 Å². The molecule has 0 spiro atoms. The van der Waals surface area contributed by atoms with Gasteiger partial charge in [0.1, 0.15) is 0 Å². The quantitative estimate of drug-likeness (QED) is 0.798. The summed E-state index contributed by atoms with van der Waals surface area (Å²) in [5.41, 5.74) is 2.81. The number of amides is 2. The second-order valence-electron chi connectivity index (χ2n) is 6.56. The lowest BCUT2D eigenvalue weighted by Gasteiger charge is -2.19. The zero-order valence-corrected chi connectivity index (χ0v) is 15.1. The van der Waals surface area contributed by atoms with Crippen molar-refractivity contribution in [3.63, 3.8) is 0 Å². The largest absolute Gasteiger partial charge is 0.467 e. The summed E-state index contributed by atoms with van der Waals surface area (Å²) in [5.74, 6) is -1.29. The predicted molar refractivity (Wildman–Crippen MR) is 93.8 cm³/mol. The number of esters is 1. The summed E-state index contributed by atoms with van der Waals surface area (Å²) in [5, 5.41) is 5.55. The van der Waals surface area contributed by atoms with Crippen molar-refractivity contribution in [1.82, 2.24) is 10.6 Å². The highest BCUT2D eigenvalue weighted by Gasteiger charge is 2.28. The van der Waals surface area contributed by atoms with Gasteiger partial charge in [-0.2, -0.15) is 0 Å². The molecule has 1 saturated heterocycles. The molecule has 2 unspecified atom stereocenters. The van der Waals surface area contributed by atoms with Crippen molar-refractivity contribution >= 4 is 17.8 Å². The first kappa shape index (κ1) is 19.0. The Morgan fingerprint density at radius 3 is 2.72 bits per heavy atom. The second kappa shape index (κ2) is 8.65. The first-order valence-electron chi connectivity index (χ1n) is 8.64. The molecule has 25 heavy (non-hydrogen) atoms. The normalized spacial score (nSPS) is 18.7. The Bertz CT molecular complexity index is 657. The van der Waals surface area contributed by atoms with Crippen LogP contribution in [0.25, 0.3) is 0 Å². The van der Waals surface area contributed by atoms with Crippen molar-refractivity contribution in [3.8, 4) is 0 Å². The van der Waals surface area contributed by atoms with Crippen LogP contribution >= 0.6 is 0 Å². The van der Waals surface area contributed by atoms with E-state index in [0.717, 1.165) is 24.0 Å². The summed E-state index contributed by atoms with van der Waals surface area (Å²) < 4.78 is 4.84. The van der Waals surface area contributed by atoms with Crippen LogP contribution in [0.15, 0.2) is 18.2 Å². The number of hydrogen-bond donors (Lipinski definition) is 2. The van der Waals surface area contributed by atoms with Gasteiger partial charge in [0.25, 0.3) is 0 Å². The van der Waals surface area contributed by atoms with Crippen LogP contribution in [-0.2, 0) is 19.1 Å². The van der Waals surface area contributed by atoms with Gasteiger partial charge in [-0.1, -0.05) is 24.6 Å². The van der Waals surface area contributed by atoms with Gasteiger partial charge in [-0.3, -0.25) is 9.59 Å². The summed E-state index contributed by atoms with van der Waals surface area (Å²) in [6, 6.07) is 4.72. The molecule has 2 rings (SSSR count). The molecule has 6 nitrogen and oxygen atoms in total. The smallest absolute Gasteiger partial charge is 0.333 e. The van der Waals surface area contributed by atoms with E-state index in [1.54, 1.807) is 0 Å². The fourth-order valence-corrected chi connectivity index (χ4v) is 2.98. The second-order valence-corrected chi connectivity index (χ2v) is 6.56. The Morgan fingerprint density at radius 1 is 1.28 bits per heavy atom. The molecule has 1 aliphatic heterocycles. The van der Waals surface area contributed by atoms with E-state index >= 15 is 0 Å². The van der Waals surface area contributed by atoms with Crippen LogP contribution in [0.4, 0.5) is 0 Å². The fraction of sp³-hybridized carbons (Fsp3) is 0.526. The molecule has 1 fully saturated rings. The SMILES string of the molecule is COC(=O)C(NC(=O)CC1CCCCNC1=O)c1ccc(C)c(C)c1. The standard InChI is InChI=1S/C19H26N2O4/c1-12-7-8-14(10-13(12)2)17(19(24)25-3)21-16(22)11-15-6-4-5-9-20-18(15)23/h7-8,10,15,17H,4-6,9,11H2,1-3H3,(H,20,23)(H,21,22). The molecule has 1 aliphatic rings. The van der Waals surface area contributed by atoms with Crippen LogP contribution in [0.5, 0.6) is 0 Å². The Morgan fingerprint density at radius 2 is 2.04 bits per heavy atom. The Balaban J connectivity index is 2.10. The van der Waals surface area contributed by atoms with Crippen LogP contribution in [-0.4, -0.2) is 31.4 Å². The summed E-state index contributed by atoms with van der Waals surface area (Å²) in [6.07, 6.45) is 2.60. The Hall–Kier alpha value is -2.37. The van der Waals surface area contributed by atoms with Gasteiger partial charge in [0.15, 0.2) is 6.04 Å². The molecular formula is C19H26N2O4. The molecule has 136 valence electrons. The summed E-state index contributed by atoms with van der Waals surface area (Å²) in [7, 11) is 1.29. The third kappa shape index (κ3) is 5.05. The Labute approximate surface area is 148 Å². The number of hydrogen-bond acceptors (Lipinski definition) is 4. The minimum absolute atomic E-state index is 0.0736. The van der Waals surface area contributed by atoms with Crippen molar-refractivity contribution in [1.29, 1.82) is 0 Å². The van der Waals surface area contributed by atoms with Crippen LogP contribution in [0.1, 0.15) is 48.4 Å². The van der Waals surface area contributed by atoms with Crippen LogP contribution in [0.2, 0.25) is 0 Å². The van der Waals surface area contributed by atoms with Gasteiger partial charge in [0.2, 0.25) is 11.8 Å². The number of methoxy groups -OCH3 is 1. The van der Waals surface area contributed by atoms with Crippen molar-refractivity contribution < 1.29 is 19.1 Å². The van der Waals surface area contributed by atoms with Gasteiger partial charge in [0, 0.05) is 18.9 Å². The van der Waals surface area contributed by atoms with Crippen molar-refractivity contribution in [2.45, 2.75) is 45.6 Å². The fourth-order valence-electron chi connectivity index (χ4n) is 2.98. The summed E-state index contributed by atoms with van der Waals surface area (Å²) in [6.45, 7) is 4.59. The van der Waals surface area contributed by atoms with E-state index in [1.165, 1.54) is 7.11 Å². The van der Waals surface area contributed by atoms with E-state index in [9.17, 15) is 14.4 Å². The zero-order chi connectivity index (χ0) is 18.4.